The van der Waals surface area contributed by atoms with Gasteiger partial charge in [0.25, 0.3) is 5.56 Å². The van der Waals surface area contributed by atoms with Crippen molar-refractivity contribution < 1.29 is 0 Å². The van der Waals surface area contributed by atoms with Crippen molar-refractivity contribution in [2.75, 3.05) is 37.6 Å². The number of unbranched alkanes of at least 4 members (excludes halogenated alkanes) is 1. The van der Waals surface area contributed by atoms with E-state index < -0.39 is 0 Å². The molecule has 1 aliphatic heterocycles. The molecule has 0 aromatic carbocycles. The second-order valence-corrected chi connectivity index (χ2v) is 10.2. The van der Waals surface area contributed by atoms with E-state index in [1.807, 2.05) is 0 Å². The van der Waals surface area contributed by atoms with Crippen LogP contribution in [0.2, 0.25) is 0 Å². The molecule has 0 atom stereocenters. The number of hydrogen-bond donors (Lipinski definition) is 1. The zero-order valence-corrected chi connectivity index (χ0v) is 19.6. The van der Waals surface area contributed by atoms with Crippen molar-refractivity contribution >= 4 is 5.82 Å². The number of hydrogen-bond acceptors (Lipinski definition) is 6. The molecule has 8 nitrogen and oxygen atoms in total. The quantitative estimate of drug-likeness (QED) is 0.666. The Hall–Kier alpha value is -2.48. The molecule has 2 fully saturated rings. The summed E-state index contributed by atoms with van der Waals surface area (Å²) >= 11 is 0. The van der Waals surface area contributed by atoms with Crippen molar-refractivity contribution in [3.8, 4) is 0 Å². The summed E-state index contributed by atoms with van der Waals surface area (Å²) in [5, 5.41) is 0. The van der Waals surface area contributed by atoms with Crippen LogP contribution in [0.4, 0.5) is 5.82 Å². The Bertz CT molecular complexity index is 1030. The molecule has 3 heterocycles. The first-order chi connectivity index (χ1) is 15.3. The third kappa shape index (κ3) is 5.46. The molecule has 4 rings (SSSR count). The maximum absolute atomic E-state index is 11.8. The van der Waals surface area contributed by atoms with E-state index >= 15 is 0 Å². The highest BCUT2D eigenvalue weighted by atomic mass is 16.2. The van der Waals surface area contributed by atoms with Crippen molar-refractivity contribution in [1.82, 2.24) is 24.4 Å². The average Bonchev–Trinajstić information content (AvgIpc) is 2.71. The van der Waals surface area contributed by atoms with Gasteiger partial charge in [-0.25, -0.2) is 14.8 Å². The summed E-state index contributed by atoms with van der Waals surface area (Å²) in [4.78, 5) is 40.0. The van der Waals surface area contributed by atoms with Crippen molar-refractivity contribution in [1.29, 1.82) is 0 Å². The van der Waals surface area contributed by atoms with Crippen LogP contribution in [-0.4, -0.2) is 57.1 Å². The SMILES string of the molecule is CC(C)(C)c1nc(C2CCC2)cc(N2CCN(CCCCn3ccc(=O)[nH]c3=O)CC2)n1. The fourth-order valence-electron chi connectivity index (χ4n) is 4.30. The molecule has 8 heteroatoms. The maximum atomic E-state index is 11.8. The van der Waals surface area contributed by atoms with Crippen molar-refractivity contribution in [3.05, 3.63) is 50.7 Å². The molecule has 2 aromatic heterocycles. The number of aromatic nitrogens is 4. The van der Waals surface area contributed by atoms with Gasteiger partial charge in [0.15, 0.2) is 0 Å². The fraction of sp³-hybridized carbons (Fsp3) is 0.667. The first-order valence-electron chi connectivity index (χ1n) is 12.0. The van der Waals surface area contributed by atoms with E-state index in [1.54, 1.807) is 10.8 Å². The van der Waals surface area contributed by atoms with Crippen LogP contribution in [-0.2, 0) is 12.0 Å². The van der Waals surface area contributed by atoms with Gasteiger partial charge in [-0.2, -0.15) is 0 Å². The van der Waals surface area contributed by atoms with Gasteiger partial charge < -0.3 is 9.47 Å². The number of anilines is 1. The van der Waals surface area contributed by atoms with Crippen LogP contribution in [0.15, 0.2) is 27.9 Å². The normalized spacial score (nSPS) is 18.0. The molecule has 2 aliphatic rings. The Morgan fingerprint density at radius 3 is 2.38 bits per heavy atom. The highest BCUT2D eigenvalue weighted by molar-refractivity contribution is 5.42. The lowest BCUT2D eigenvalue weighted by molar-refractivity contribution is 0.250. The lowest BCUT2D eigenvalue weighted by atomic mass is 9.82. The Kier molecular flexibility index (Phi) is 6.79. The second-order valence-electron chi connectivity index (χ2n) is 10.2. The predicted molar refractivity (Wildman–Crippen MR) is 127 cm³/mol. The molecule has 0 unspecified atom stereocenters. The topological polar surface area (TPSA) is 87.1 Å². The number of piperazine rings is 1. The Morgan fingerprint density at radius 2 is 1.75 bits per heavy atom. The number of nitrogens with one attached hydrogen (secondary N) is 1. The molecule has 0 radical (unpaired) electrons. The number of aryl methyl sites for hydroxylation is 1. The van der Waals surface area contributed by atoms with Crippen LogP contribution in [0, 0.1) is 0 Å². The summed E-state index contributed by atoms with van der Waals surface area (Å²) in [7, 11) is 0. The number of aromatic amines is 1. The van der Waals surface area contributed by atoms with Gasteiger partial charge in [0.2, 0.25) is 0 Å². The van der Waals surface area contributed by atoms with Gasteiger partial charge in [0.1, 0.15) is 11.6 Å². The molecule has 0 bridgehead atoms. The fourth-order valence-corrected chi connectivity index (χ4v) is 4.30. The standard InChI is InChI=1S/C24H36N6O2/c1-24(2,3)22-25-19(18-7-6-8-18)17-20(26-22)29-15-13-28(14-16-29)10-4-5-11-30-12-9-21(31)27-23(30)32/h9,12,17-18H,4-8,10-11,13-16H2,1-3H3,(H,27,31,32). The van der Waals surface area contributed by atoms with Gasteiger partial charge in [-0.15, -0.1) is 0 Å². The van der Waals surface area contributed by atoms with Crippen LogP contribution in [0.3, 0.4) is 0 Å². The molecule has 2 aromatic rings. The molecule has 1 saturated heterocycles. The smallest absolute Gasteiger partial charge is 0.328 e. The van der Waals surface area contributed by atoms with E-state index in [9.17, 15) is 9.59 Å². The van der Waals surface area contributed by atoms with E-state index in [0.717, 1.165) is 57.2 Å². The summed E-state index contributed by atoms with van der Waals surface area (Å²) in [6.45, 7) is 12.2. The number of H-pyrrole nitrogens is 1. The molecule has 0 spiro atoms. The summed E-state index contributed by atoms with van der Waals surface area (Å²) in [6, 6.07) is 3.63. The molecule has 1 aliphatic carbocycles. The number of rotatable bonds is 7. The zero-order chi connectivity index (χ0) is 22.7. The summed E-state index contributed by atoms with van der Waals surface area (Å²) in [6.07, 6.45) is 7.32. The highest BCUT2D eigenvalue weighted by Gasteiger charge is 2.27. The Balaban J connectivity index is 1.29. The van der Waals surface area contributed by atoms with E-state index in [0.29, 0.717) is 12.5 Å². The van der Waals surface area contributed by atoms with Gasteiger partial charge in [-0.3, -0.25) is 14.7 Å². The molecular formula is C24H36N6O2. The maximum Gasteiger partial charge on any atom is 0.328 e. The highest BCUT2D eigenvalue weighted by Crippen LogP contribution is 2.37. The van der Waals surface area contributed by atoms with Gasteiger partial charge in [0.05, 0.1) is 0 Å². The minimum atomic E-state index is -0.345. The van der Waals surface area contributed by atoms with Gasteiger partial charge in [-0.1, -0.05) is 27.2 Å². The predicted octanol–water partition coefficient (Wildman–Crippen LogP) is 2.49. The van der Waals surface area contributed by atoms with Crippen LogP contribution in [0.5, 0.6) is 0 Å². The second kappa shape index (κ2) is 9.57. The van der Waals surface area contributed by atoms with E-state index in [2.05, 4.69) is 41.6 Å². The first-order valence-corrected chi connectivity index (χ1v) is 12.0. The number of nitrogens with zero attached hydrogens (tertiary/aromatic N) is 5. The molecule has 1 N–H and O–H groups in total. The summed E-state index contributed by atoms with van der Waals surface area (Å²) in [5.41, 5.74) is 0.504. The Morgan fingerprint density at radius 1 is 1.03 bits per heavy atom. The lowest BCUT2D eigenvalue weighted by Gasteiger charge is -2.36. The average molecular weight is 441 g/mol. The summed E-state index contributed by atoms with van der Waals surface area (Å²) < 4.78 is 1.57. The van der Waals surface area contributed by atoms with Crippen LogP contribution < -0.4 is 16.1 Å². The van der Waals surface area contributed by atoms with Gasteiger partial charge in [0, 0.05) is 68.1 Å². The molecule has 32 heavy (non-hydrogen) atoms. The third-order valence-corrected chi connectivity index (χ3v) is 6.64. The molecular weight excluding hydrogens is 404 g/mol. The van der Waals surface area contributed by atoms with E-state index in [1.165, 1.54) is 31.0 Å². The van der Waals surface area contributed by atoms with Crippen LogP contribution >= 0.6 is 0 Å². The van der Waals surface area contributed by atoms with Gasteiger partial charge in [-0.05, 0) is 32.2 Å². The van der Waals surface area contributed by atoms with E-state index in [-0.39, 0.29) is 16.7 Å². The lowest BCUT2D eigenvalue weighted by Crippen LogP contribution is -2.47. The summed E-state index contributed by atoms with van der Waals surface area (Å²) in [5.74, 6) is 2.65. The largest absolute Gasteiger partial charge is 0.354 e. The van der Waals surface area contributed by atoms with Gasteiger partial charge >= 0.3 is 5.69 Å². The third-order valence-electron chi connectivity index (χ3n) is 6.64. The molecule has 1 saturated carbocycles. The van der Waals surface area contributed by atoms with Crippen LogP contribution in [0.25, 0.3) is 0 Å². The first kappa shape index (κ1) is 22.7. The Labute approximate surface area is 189 Å². The molecule has 0 amide bonds. The van der Waals surface area contributed by atoms with Crippen molar-refractivity contribution in [3.63, 3.8) is 0 Å². The van der Waals surface area contributed by atoms with Crippen molar-refractivity contribution in [2.45, 2.75) is 70.8 Å². The monoisotopic (exact) mass is 440 g/mol. The zero-order valence-electron chi connectivity index (χ0n) is 19.6. The van der Waals surface area contributed by atoms with E-state index in [4.69, 9.17) is 9.97 Å². The van der Waals surface area contributed by atoms with Crippen LogP contribution in [0.1, 0.15) is 70.3 Å². The van der Waals surface area contributed by atoms with Crippen molar-refractivity contribution in [2.24, 2.45) is 0 Å². The minimum absolute atomic E-state index is 0.0515. The molecule has 174 valence electrons. The minimum Gasteiger partial charge on any atom is -0.354 e.